The number of nitrogens with one attached hydrogen (secondary N) is 2. The first-order valence-corrected chi connectivity index (χ1v) is 16.5. The minimum absolute atomic E-state index is 0.0383. The van der Waals surface area contributed by atoms with Crippen LogP contribution in [0.5, 0.6) is 0 Å². The maximum absolute atomic E-state index is 14.4. The number of piperazine rings is 1. The Morgan fingerprint density at radius 1 is 1.02 bits per heavy atom. The molecular formula is C38H44N6O5. The number of hydrogen-bond donors (Lipinski definition) is 3. The van der Waals surface area contributed by atoms with E-state index < -0.39 is 24.7 Å². The number of rotatable bonds is 15. The number of fused-ring (bicyclic) bond motifs is 1. The lowest BCUT2D eigenvalue weighted by molar-refractivity contribution is -0.189. The molecule has 0 bridgehead atoms. The van der Waals surface area contributed by atoms with Gasteiger partial charge < -0.3 is 25.0 Å². The van der Waals surface area contributed by atoms with Gasteiger partial charge in [-0.25, -0.2) is 9.80 Å². The van der Waals surface area contributed by atoms with Crippen LogP contribution in [0, 0.1) is 12.3 Å². The average Bonchev–Trinajstić information content (AvgIpc) is 3.13. The van der Waals surface area contributed by atoms with Crippen LogP contribution in [0.25, 0.3) is 0 Å². The fourth-order valence-electron chi connectivity index (χ4n) is 6.47. The highest BCUT2D eigenvalue weighted by molar-refractivity contribution is 5.91. The summed E-state index contributed by atoms with van der Waals surface area (Å²) in [7, 11) is 0. The normalized spacial score (nSPS) is 18.6. The minimum atomic E-state index is -1.19. The summed E-state index contributed by atoms with van der Waals surface area (Å²) in [5, 5.41) is 19.0. The molecule has 4 amide bonds. The molecular weight excluding hydrogens is 620 g/mol. The number of nitrogens with zero attached hydrogens (tertiary/aromatic N) is 4. The Bertz CT molecular complexity index is 1540. The van der Waals surface area contributed by atoms with Crippen LogP contribution in [0.2, 0.25) is 0 Å². The van der Waals surface area contributed by atoms with E-state index in [0.717, 1.165) is 16.7 Å². The molecule has 0 saturated carbocycles. The monoisotopic (exact) mass is 664 g/mol. The number of ether oxygens (including phenoxy) is 1. The van der Waals surface area contributed by atoms with E-state index in [0.29, 0.717) is 25.9 Å². The van der Waals surface area contributed by atoms with Crippen LogP contribution >= 0.6 is 0 Å². The summed E-state index contributed by atoms with van der Waals surface area (Å²) in [6.07, 6.45) is 6.02. The van der Waals surface area contributed by atoms with Crippen LogP contribution in [0.4, 0.5) is 4.79 Å². The zero-order valence-corrected chi connectivity index (χ0v) is 27.6. The van der Waals surface area contributed by atoms with Gasteiger partial charge >= 0.3 is 6.03 Å². The fourth-order valence-corrected chi connectivity index (χ4v) is 6.47. The van der Waals surface area contributed by atoms with E-state index in [1.165, 1.54) is 11.1 Å². The van der Waals surface area contributed by atoms with Gasteiger partial charge in [0.2, 0.25) is 18.2 Å². The van der Waals surface area contributed by atoms with Crippen molar-refractivity contribution in [1.29, 1.82) is 0 Å². The van der Waals surface area contributed by atoms with Crippen molar-refractivity contribution in [3.05, 3.63) is 120 Å². The van der Waals surface area contributed by atoms with E-state index in [4.69, 9.17) is 11.2 Å². The van der Waals surface area contributed by atoms with Crippen LogP contribution in [-0.4, -0.2) is 101 Å². The number of aliphatic hydroxyl groups excluding tert-OH is 1. The van der Waals surface area contributed by atoms with Gasteiger partial charge in [-0.1, -0.05) is 103 Å². The van der Waals surface area contributed by atoms with E-state index in [1.807, 2.05) is 91.0 Å². The third kappa shape index (κ3) is 8.93. The first kappa shape index (κ1) is 35.3. The van der Waals surface area contributed by atoms with Crippen LogP contribution in [0.1, 0.15) is 35.4 Å². The van der Waals surface area contributed by atoms with Crippen molar-refractivity contribution in [1.82, 2.24) is 30.5 Å². The molecule has 11 nitrogen and oxygen atoms in total. The van der Waals surface area contributed by atoms with Gasteiger partial charge in [-0.15, -0.1) is 13.0 Å². The Labute approximate surface area is 288 Å². The molecule has 3 atom stereocenters. The predicted octanol–water partition coefficient (Wildman–Crippen LogP) is 3.11. The predicted molar refractivity (Wildman–Crippen MR) is 186 cm³/mol. The number of amides is 4. The van der Waals surface area contributed by atoms with Crippen molar-refractivity contribution < 1.29 is 24.2 Å². The first-order chi connectivity index (χ1) is 23.9. The van der Waals surface area contributed by atoms with Crippen molar-refractivity contribution in [2.45, 2.75) is 43.9 Å². The van der Waals surface area contributed by atoms with Crippen molar-refractivity contribution in [3.8, 4) is 12.3 Å². The molecule has 5 rings (SSSR count). The van der Waals surface area contributed by atoms with Crippen molar-refractivity contribution in [3.63, 3.8) is 0 Å². The molecule has 2 fully saturated rings. The number of carbonyl (C=O) groups is 3. The molecule has 49 heavy (non-hydrogen) atoms. The molecule has 2 saturated heterocycles. The number of terminal acetylenes is 1. The topological polar surface area (TPSA) is 118 Å². The molecule has 1 unspecified atom stereocenters. The number of urea groups is 1. The van der Waals surface area contributed by atoms with Gasteiger partial charge in [0.25, 0.3) is 0 Å². The van der Waals surface area contributed by atoms with E-state index in [9.17, 15) is 19.5 Å². The molecule has 2 heterocycles. The quantitative estimate of drug-likeness (QED) is 0.0990. The van der Waals surface area contributed by atoms with Crippen molar-refractivity contribution >= 4 is 17.8 Å². The van der Waals surface area contributed by atoms with Gasteiger partial charge in [0.1, 0.15) is 12.2 Å². The lowest BCUT2D eigenvalue weighted by atomic mass is 9.90. The lowest BCUT2D eigenvalue weighted by Crippen LogP contribution is -2.76. The average molecular weight is 665 g/mol. The smallest absolute Gasteiger partial charge is 0.334 e. The number of hydrazine groups is 1. The molecule has 11 heteroatoms. The molecule has 0 aliphatic carbocycles. The van der Waals surface area contributed by atoms with Crippen LogP contribution in [0.3, 0.4) is 0 Å². The second-order valence-electron chi connectivity index (χ2n) is 12.0. The highest BCUT2D eigenvalue weighted by Crippen LogP contribution is 2.32. The maximum atomic E-state index is 14.4. The summed E-state index contributed by atoms with van der Waals surface area (Å²) in [4.78, 5) is 45.6. The summed E-state index contributed by atoms with van der Waals surface area (Å²) in [6, 6.07) is 28.3. The largest absolute Gasteiger partial charge is 0.356 e. The SMILES string of the molecule is C#CCN1CC(=O)N2[C@@H](CCCNC(O)OCC=C)C(=O)N(CC(c3ccccc3)c3ccccc3)C[C@@H]2N1C(=O)NCc1ccccc1. The Hall–Kier alpha value is -4.99. The molecule has 3 aromatic carbocycles. The van der Waals surface area contributed by atoms with Gasteiger partial charge in [0.15, 0.2) is 0 Å². The molecule has 2 aliphatic rings. The van der Waals surface area contributed by atoms with Gasteiger partial charge in [-0.05, 0) is 36.1 Å². The minimum Gasteiger partial charge on any atom is -0.356 e. The van der Waals surface area contributed by atoms with Crippen molar-refractivity contribution in [2.75, 3.05) is 39.3 Å². The molecule has 0 spiro atoms. The lowest BCUT2D eigenvalue weighted by Gasteiger charge is -2.55. The van der Waals surface area contributed by atoms with E-state index in [2.05, 4.69) is 23.1 Å². The Morgan fingerprint density at radius 3 is 2.27 bits per heavy atom. The van der Waals surface area contributed by atoms with Gasteiger partial charge in [-0.3, -0.25) is 14.9 Å². The standard InChI is InChI=1S/C38H44N6O5/c1-3-23-42-28-35(45)43-33(21-14-22-39-38(48)49-24-4-2)36(46)41(26-32(30-17-10-6-11-18-30)31-19-12-7-13-20-31)27-34(43)44(42)37(47)40-25-29-15-8-5-9-16-29/h1,4-13,15-20,32-34,38-39,48H,2,14,21-28H2,(H,40,47)/t33-,34-,38?/m0/s1. The molecule has 3 aromatic rings. The van der Waals surface area contributed by atoms with E-state index in [1.54, 1.807) is 14.8 Å². The molecule has 0 radical (unpaired) electrons. The second kappa shape index (κ2) is 17.4. The maximum Gasteiger partial charge on any atom is 0.334 e. The van der Waals surface area contributed by atoms with Gasteiger partial charge in [0, 0.05) is 19.0 Å². The summed E-state index contributed by atoms with van der Waals surface area (Å²) in [6.45, 7) is 4.69. The fraction of sp³-hybridized carbons (Fsp3) is 0.342. The van der Waals surface area contributed by atoms with Crippen molar-refractivity contribution in [2.24, 2.45) is 0 Å². The Morgan fingerprint density at radius 2 is 1.65 bits per heavy atom. The van der Waals surface area contributed by atoms with Gasteiger partial charge in [0.05, 0.1) is 26.2 Å². The van der Waals surface area contributed by atoms with E-state index >= 15 is 0 Å². The summed E-state index contributed by atoms with van der Waals surface area (Å²) >= 11 is 0. The number of benzene rings is 3. The zero-order valence-electron chi connectivity index (χ0n) is 27.6. The number of hydrogen-bond acceptors (Lipinski definition) is 7. The van der Waals surface area contributed by atoms with E-state index in [-0.39, 0.29) is 50.5 Å². The number of carbonyl (C=O) groups excluding carboxylic acids is 3. The van der Waals surface area contributed by atoms with Crippen LogP contribution in [0.15, 0.2) is 104 Å². The highest BCUT2D eigenvalue weighted by atomic mass is 16.6. The molecule has 0 aromatic heterocycles. The molecule has 2 aliphatic heterocycles. The molecule has 256 valence electrons. The summed E-state index contributed by atoms with van der Waals surface area (Å²) in [5.41, 5.74) is 3.01. The zero-order chi connectivity index (χ0) is 34.6. The van der Waals surface area contributed by atoms with Crippen LogP contribution in [-0.2, 0) is 20.9 Å². The summed E-state index contributed by atoms with van der Waals surface area (Å²) in [5.74, 6) is 1.96. The molecule has 3 N–H and O–H groups in total. The Balaban J connectivity index is 1.45. The summed E-state index contributed by atoms with van der Waals surface area (Å²) < 4.78 is 5.20. The third-order valence-electron chi connectivity index (χ3n) is 8.75. The van der Waals surface area contributed by atoms with Gasteiger partial charge in [-0.2, -0.15) is 5.01 Å². The highest BCUT2D eigenvalue weighted by Gasteiger charge is 2.51. The first-order valence-electron chi connectivity index (χ1n) is 16.5. The van der Waals surface area contributed by atoms with Crippen LogP contribution < -0.4 is 10.6 Å². The second-order valence-corrected chi connectivity index (χ2v) is 12.0. The Kier molecular flexibility index (Phi) is 12.6. The third-order valence-corrected chi connectivity index (χ3v) is 8.75. The number of aliphatic hydroxyl groups is 1.